The molecule has 4 heterocycles. The molecule has 0 amide bonds. The molecule has 3 aromatic heterocycles. The summed E-state index contributed by atoms with van der Waals surface area (Å²) in [7, 11) is 0. The fourth-order valence-electron chi connectivity index (χ4n) is 11.9. The highest BCUT2D eigenvalue weighted by atomic mass is 15.3. The monoisotopic (exact) mass is 896 g/mol. The number of aryl methyl sites for hydroxylation is 3. The minimum absolute atomic E-state index is 0.0161. The molecule has 0 N–H and O–H groups in total. The van der Waals surface area contributed by atoms with Crippen molar-refractivity contribution in [3.05, 3.63) is 167 Å². The number of aliphatic imine (C=N–C) groups is 1. The zero-order valence-electron chi connectivity index (χ0n) is 42.9. The van der Waals surface area contributed by atoms with Crippen LogP contribution in [-0.2, 0) is 10.8 Å². The molecule has 5 nitrogen and oxygen atoms in total. The fourth-order valence-corrected chi connectivity index (χ4v) is 11.9. The summed E-state index contributed by atoms with van der Waals surface area (Å²) in [5.41, 5.74) is 17.5. The molecule has 1 atom stereocenters. The van der Waals surface area contributed by atoms with Crippen LogP contribution in [0.3, 0.4) is 0 Å². The van der Waals surface area contributed by atoms with Gasteiger partial charge in [0, 0.05) is 51.2 Å². The van der Waals surface area contributed by atoms with Crippen LogP contribution >= 0.6 is 0 Å². The van der Waals surface area contributed by atoms with E-state index in [1.807, 2.05) is 6.20 Å². The molecule has 0 saturated carbocycles. The molecule has 0 radical (unpaired) electrons. The van der Waals surface area contributed by atoms with Crippen molar-refractivity contribution in [3.8, 4) is 22.5 Å². The zero-order valence-corrected chi connectivity index (χ0v) is 42.9. The van der Waals surface area contributed by atoms with Crippen LogP contribution < -0.4 is 4.90 Å². The molecule has 0 fully saturated rings. The van der Waals surface area contributed by atoms with Crippen molar-refractivity contribution in [1.82, 2.24) is 14.1 Å². The molecule has 6 aromatic carbocycles. The summed E-state index contributed by atoms with van der Waals surface area (Å²) in [4.78, 5) is 13.6. The van der Waals surface area contributed by atoms with Crippen LogP contribution in [0.1, 0.15) is 110 Å². The smallest absolute Gasteiger partial charge is 0.145 e. The average Bonchev–Trinajstić information content (AvgIpc) is 3.92. The molecule has 0 spiro atoms. The van der Waals surface area contributed by atoms with Gasteiger partial charge >= 0.3 is 0 Å². The van der Waals surface area contributed by atoms with Gasteiger partial charge < -0.3 is 9.47 Å². The number of nitrogens with zero attached hydrogens (tertiary/aromatic N) is 5. The first-order chi connectivity index (χ1) is 32.2. The number of benzene rings is 6. The van der Waals surface area contributed by atoms with Crippen LogP contribution in [0.25, 0.3) is 66.2 Å². The minimum Gasteiger partial charge on any atom is -0.324 e. The quantitative estimate of drug-likeness (QED) is 0.152. The topological polar surface area (TPSA) is 38.4 Å². The third-order valence-electron chi connectivity index (χ3n) is 14.9. The van der Waals surface area contributed by atoms with Gasteiger partial charge in [-0.1, -0.05) is 123 Å². The first-order valence-electron chi connectivity index (χ1n) is 24.9. The highest BCUT2D eigenvalue weighted by Crippen LogP contribution is 2.44. The number of fused-ring (bicyclic) bond motifs is 6. The molecule has 5 heteroatoms. The van der Waals surface area contributed by atoms with Gasteiger partial charge in [0.1, 0.15) is 11.5 Å². The van der Waals surface area contributed by atoms with E-state index in [2.05, 4.69) is 238 Å². The summed E-state index contributed by atoms with van der Waals surface area (Å²) in [6, 6.07) is 48.0. The Morgan fingerprint density at radius 3 is 1.85 bits per heavy atom. The molecule has 1 aliphatic rings. The van der Waals surface area contributed by atoms with Crippen molar-refractivity contribution in [2.45, 2.75) is 113 Å². The maximum Gasteiger partial charge on any atom is 0.145 e. The molecular formula is C63H69N5. The lowest BCUT2D eigenvalue weighted by Gasteiger charge is -2.38. The maximum absolute atomic E-state index is 5.94. The Labute approximate surface area is 404 Å². The maximum atomic E-state index is 5.94. The Morgan fingerprint density at radius 1 is 0.529 bits per heavy atom. The van der Waals surface area contributed by atoms with E-state index in [0.717, 1.165) is 51.4 Å². The van der Waals surface area contributed by atoms with Gasteiger partial charge in [-0.15, -0.1) is 0 Å². The molecule has 0 aliphatic carbocycles. The van der Waals surface area contributed by atoms with Gasteiger partial charge in [0.25, 0.3) is 0 Å². The zero-order chi connectivity index (χ0) is 48.2. The van der Waals surface area contributed by atoms with Gasteiger partial charge in [-0.25, -0.2) is 4.98 Å². The lowest BCUT2D eigenvalue weighted by atomic mass is 9.72. The summed E-state index contributed by atoms with van der Waals surface area (Å²) < 4.78 is 4.88. The van der Waals surface area contributed by atoms with Crippen LogP contribution in [0.15, 0.2) is 139 Å². The third-order valence-corrected chi connectivity index (χ3v) is 14.9. The predicted octanol–water partition coefficient (Wildman–Crippen LogP) is 16.4. The first-order valence-corrected chi connectivity index (χ1v) is 24.9. The first kappa shape index (κ1) is 45.3. The van der Waals surface area contributed by atoms with E-state index in [4.69, 9.17) is 9.98 Å². The van der Waals surface area contributed by atoms with E-state index in [-0.39, 0.29) is 16.4 Å². The SMILES string of the molecule is Cc1cc(C2=N[C@](C)(C(C(C)C)C(C)C)CN2c2cc(C(C)(C)C)cc(C(C)(C)C)c2)cc(-n2c3ccc(C)cc3c3cc(C)c(-n4c5ccc(-c6ccccc6)cc5c5cccnc54)cc32)c1. The Hall–Kier alpha value is -6.46. The van der Waals surface area contributed by atoms with Gasteiger partial charge in [0.15, 0.2) is 0 Å². The molecule has 0 bridgehead atoms. The molecule has 1 aliphatic heterocycles. The number of hydrogen-bond acceptors (Lipinski definition) is 3. The standard InChI is InChI=1S/C63H69N5/c1-38(2)58(39(3)4)63(14)37-66(48-34-46(61(8,9)10)33-47(35-48)62(11,12)13)59(65-63)45-27-41(6)28-49(31-45)67-54-24-22-40(5)29-51(54)52-30-42(7)56(36-57(52)67)68-55-25-23-44(43-19-16-15-17-20-43)32-53(55)50-21-18-26-64-60(50)68/h15-36,38-39,58H,37H2,1-14H3/t63-/m0/s1. The van der Waals surface area contributed by atoms with Gasteiger partial charge in [0.05, 0.1) is 27.8 Å². The number of pyridine rings is 1. The molecule has 0 saturated heterocycles. The van der Waals surface area contributed by atoms with Gasteiger partial charge in [0.2, 0.25) is 0 Å². The van der Waals surface area contributed by atoms with E-state index < -0.39 is 0 Å². The van der Waals surface area contributed by atoms with Crippen molar-refractivity contribution in [3.63, 3.8) is 0 Å². The molecule has 68 heavy (non-hydrogen) atoms. The van der Waals surface area contributed by atoms with Crippen molar-refractivity contribution in [1.29, 1.82) is 0 Å². The number of aromatic nitrogens is 3. The number of hydrogen-bond donors (Lipinski definition) is 0. The Bertz CT molecular complexity index is 3410. The highest BCUT2D eigenvalue weighted by Gasteiger charge is 2.45. The average molecular weight is 896 g/mol. The second kappa shape index (κ2) is 16.4. The van der Waals surface area contributed by atoms with E-state index in [1.54, 1.807) is 0 Å². The number of amidine groups is 1. The summed E-state index contributed by atoms with van der Waals surface area (Å²) in [5.74, 6) is 2.38. The second-order valence-corrected chi connectivity index (χ2v) is 23.0. The van der Waals surface area contributed by atoms with Crippen LogP contribution in [0.5, 0.6) is 0 Å². The van der Waals surface area contributed by atoms with Crippen LogP contribution in [0.2, 0.25) is 0 Å². The Balaban J connectivity index is 1.21. The molecule has 10 rings (SSSR count). The lowest BCUT2D eigenvalue weighted by Crippen LogP contribution is -2.44. The third kappa shape index (κ3) is 7.72. The van der Waals surface area contributed by atoms with E-state index in [9.17, 15) is 0 Å². The largest absolute Gasteiger partial charge is 0.324 e. The highest BCUT2D eigenvalue weighted by molar-refractivity contribution is 6.14. The van der Waals surface area contributed by atoms with E-state index >= 15 is 0 Å². The van der Waals surface area contributed by atoms with E-state index in [1.165, 1.54) is 66.3 Å². The van der Waals surface area contributed by atoms with Crippen LogP contribution in [0, 0.1) is 38.5 Å². The van der Waals surface area contributed by atoms with Crippen molar-refractivity contribution in [2.24, 2.45) is 22.7 Å². The second-order valence-electron chi connectivity index (χ2n) is 23.0. The molecule has 9 aromatic rings. The summed E-state index contributed by atoms with van der Waals surface area (Å²) in [6.07, 6.45) is 1.92. The summed E-state index contributed by atoms with van der Waals surface area (Å²) in [5, 5.41) is 4.84. The molecule has 0 unspecified atom stereocenters. The molecule has 346 valence electrons. The number of anilines is 1. The Morgan fingerprint density at radius 2 is 1.18 bits per heavy atom. The van der Waals surface area contributed by atoms with Crippen molar-refractivity contribution >= 4 is 55.3 Å². The van der Waals surface area contributed by atoms with Gasteiger partial charge in [-0.3, -0.25) is 9.56 Å². The number of rotatable bonds is 8. The van der Waals surface area contributed by atoms with Crippen molar-refractivity contribution < 1.29 is 0 Å². The van der Waals surface area contributed by atoms with Crippen molar-refractivity contribution in [2.75, 3.05) is 11.4 Å². The minimum atomic E-state index is -0.295. The normalized spacial score (nSPS) is 16.0. The summed E-state index contributed by atoms with van der Waals surface area (Å²) >= 11 is 0. The predicted molar refractivity (Wildman–Crippen MR) is 292 cm³/mol. The Kier molecular flexibility index (Phi) is 10.9. The van der Waals surface area contributed by atoms with Crippen LogP contribution in [0.4, 0.5) is 5.69 Å². The molecular weight excluding hydrogens is 827 g/mol. The van der Waals surface area contributed by atoms with Gasteiger partial charge in [-0.2, -0.15) is 0 Å². The van der Waals surface area contributed by atoms with Gasteiger partial charge in [-0.05, 0) is 169 Å². The summed E-state index contributed by atoms with van der Waals surface area (Å²) in [6.45, 7) is 33.5. The fraction of sp³-hybridized carbons (Fsp3) is 0.333. The van der Waals surface area contributed by atoms with Crippen LogP contribution in [-0.4, -0.2) is 32.0 Å². The lowest BCUT2D eigenvalue weighted by molar-refractivity contribution is 0.178. The van der Waals surface area contributed by atoms with E-state index in [0.29, 0.717) is 17.8 Å².